The van der Waals surface area contributed by atoms with Crippen molar-refractivity contribution in [3.8, 4) is 0 Å². The molecule has 0 bridgehead atoms. The van der Waals surface area contributed by atoms with E-state index in [-0.39, 0.29) is 0 Å². The SMILES string of the molecule is Cc1ccc2c(c1)CC(=O)N2C1CCN(C2CCCNCC2)CC1. The maximum atomic E-state index is 12.6. The second-order valence-electron chi connectivity index (χ2n) is 7.67. The van der Waals surface area contributed by atoms with Crippen molar-refractivity contribution >= 4 is 11.6 Å². The van der Waals surface area contributed by atoms with Crippen LogP contribution in [0.4, 0.5) is 5.69 Å². The Morgan fingerprint density at radius 2 is 1.88 bits per heavy atom. The standard InChI is InChI=1S/C20H29N3O/c1-15-4-5-19-16(13-15)14-20(24)23(19)18-7-11-22(12-8-18)17-3-2-9-21-10-6-17/h4-5,13,17-18,21H,2-3,6-12,14H2,1H3. The summed E-state index contributed by atoms with van der Waals surface area (Å²) in [7, 11) is 0. The summed E-state index contributed by atoms with van der Waals surface area (Å²) in [5.41, 5.74) is 3.64. The van der Waals surface area contributed by atoms with Crippen LogP contribution in [0.15, 0.2) is 18.2 Å². The number of carbonyl (C=O) groups is 1. The predicted octanol–water partition coefficient (Wildman–Crippen LogP) is 2.49. The van der Waals surface area contributed by atoms with Gasteiger partial charge >= 0.3 is 0 Å². The Bertz CT molecular complexity index is 599. The highest BCUT2D eigenvalue weighted by molar-refractivity contribution is 6.02. The van der Waals surface area contributed by atoms with E-state index in [2.05, 4.69) is 40.2 Å². The Morgan fingerprint density at radius 1 is 1.04 bits per heavy atom. The van der Waals surface area contributed by atoms with E-state index < -0.39 is 0 Å². The zero-order valence-electron chi connectivity index (χ0n) is 14.8. The minimum Gasteiger partial charge on any atom is -0.317 e. The number of benzene rings is 1. The van der Waals surface area contributed by atoms with Crippen LogP contribution in [0.25, 0.3) is 0 Å². The molecular formula is C20H29N3O. The number of likely N-dealkylation sites (tertiary alicyclic amines) is 1. The Balaban J connectivity index is 1.42. The van der Waals surface area contributed by atoms with Crippen LogP contribution in [-0.4, -0.2) is 49.1 Å². The largest absolute Gasteiger partial charge is 0.317 e. The molecule has 0 saturated carbocycles. The summed E-state index contributed by atoms with van der Waals surface area (Å²) in [4.78, 5) is 17.4. The molecular weight excluding hydrogens is 298 g/mol. The number of aryl methyl sites for hydroxylation is 1. The maximum Gasteiger partial charge on any atom is 0.231 e. The summed E-state index contributed by atoms with van der Waals surface area (Å²) in [6.07, 6.45) is 6.71. The fourth-order valence-corrected chi connectivity index (χ4v) is 4.75. The molecule has 0 aromatic heterocycles. The molecule has 1 N–H and O–H groups in total. The van der Waals surface area contributed by atoms with Crippen LogP contribution in [0.1, 0.15) is 43.2 Å². The molecule has 1 amide bonds. The summed E-state index contributed by atoms with van der Waals surface area (Å²) >= 11 is 0. The second kappa shape index (κ2) is 6.85. The fraction of sp³-hybridized carbons (Fsp3) is 0.650. The highest BCUT2D eigenvalue weighted by atomic mass is 16.2. The second-order valence-corrected chi connectivity index (χ2v) is 7.67. The zero-order valence-corrected chi connectivity index (χ0v) is 14.8. The van der Waals surface area contributed by atoms with Crippen LogP contribution < -0.4 is 10.2 Å². The molecule has 1 aromatic carbocycles. The first-order valence-corrected chi connectivity index (χ1v) is 9.59. The van der Waals surface area contributed by atoms with E-state index in [0.29, 0.717) is 18.4 Å². The maximum absolute atomic E-state index is 12.6. The molecule has 2 saturated heterocycles. The number of rotatable bonds is 2. The monoisotopic (exact) mass is 327 g/mol. The van der Waals surface area contributed by atoms with Crippen molar-refractivity contribution in [2.24, 2.45) is 0 Å². The Labute approximate surface area is 145 Å². The minimum absolute atomic E-state index is 0.299. The smallest absolute Gasteiger partial charge is 0.231 e. The van der Waals surface area contributed by atoms with Crippen LogP contribution in [0, 0.1) is 6.92 Å². The fourth-order valence-electron chi connectivity index (χ4n) is 4.75. The lowest BCUT2D eigenvalue weighted by Crippen LogP contribution is -2.49. The van der Waals surface area contributed by atoms with E-state index >= 15 is 0 Å². The third kappa shape index (κ3) is 3.09. The van der Waals surface area contributed by atoms with Crippen LogP contribution in [0.3, 0.4) is 0 Å². The summed E-state index contributed by atoms with van der Waals surface area (Å²) in [6, 6.07) is 7.60. The molecule has 2 fully saturated rings. The Kier molecular flexibility index (Phi) is 4.59. The van der Waals surface area contributed by atoms with Crippen LogP contribution in [-0.2, 0) is 11.2 Å². The number of fused-ring (bicyclic) bond motifs is 1. The van der Waals surface area contributed by atoms with E-state index in [1.54, 1.807) is 0 Å². The summed E-state index contributed by atoms with van der Waals surface area (Å²) in [6.45, 7) is 6.71. The van der Waals surface area contributed by atoms with E-state index in [4.69, 9.17) is 0 Å². The van der Waals surface area contributed by atoms with E-state index in [9.17, 15) is 4.79 Å². The molecule has 0 aliphatic carbocycles. The first-order chi connectivity index (χ1) is 11.7. The van der Waals surface area contributed by atoms with Gasteiger partial charge in [-0.15, -0.1) is 0 Å². The van der Waals surface area contributed by atoms with Gasteiger partial charge in [-0.25, -0.2) is 0 Å². The average molecular weight is 327 g/mol. The van der Waals surface area contributed by atoms with Gasteiger partial charge in [-0.05, 0) is 63.7 Å². The van der Waals surface area contributed by atoms with E-state index in [0.717, 1.165) is 38.5 Å². The van der Waals surface area contributed by atoms with Gasteiger partial charge in [0.2, 0.25) is 5.91 Å². The van der Waals surface area contributed by atoms with Gasteiger partial charge in [0.05, 0.1) is 6.42 Å². The molecule has 3 aliphatic heterocycles. The van der Waals surface area contributed by atoms with Crippen molar-refractivity contribution in [1.29, 1.82) is 0 Å². The molecule has 1 atom stereocenters. The molecule has 3 aliphatic rings. The van der Waals surface area contributed by atoms with Crippen LogP contribution >= 0.6 is 0 Å². The first-order valence-electron chi connectivity index (χ1n) is 9.59. The van der Waals surface area contributed by atoms with Gasteiger partial charge in [-0.1, -0.05) is 17.7 Å². The summed E-state index contributed by atoms with van der Waals surface area (Å²) in [5.74, 6) is 0.299. The number of nitrogens with zero attached hydrogens (tertiary/aromatic N) is 2. The Morgan fingerprint density at radius 3 is 2.71 bits per heavy atom. The van der Waals surface area contributed by atoms with Gasteiger partial charge in [0, 0.05) is 30.9 Å². The van der Waals surface area contributed by atoms with Gasteiger partial charge in [-0.2, -0.15) is 0 Å². The molecule has 130 valence electrons. The van der Waals surface area contributed by atoms with Crippen molar-refractivity contribution in [3.63, 3.8) is 0 Å². The van der Waals surface area contributed by atoms with Crippen molar-refractivity contribution in [2.75, 3.05) is 31.1 Å². The van der Waals surface area contributed by atoms with Gasteiger partial charge in [0.25, 0.3) is 0 Å². The predicted molar refractivity (Wildman–Crippen MR) is 97.5 cm³/mol. The van der Waals surface area contributed by atoms with Crippen molar-refractivity contribution in [1.82, 2.24) is 10.2 Å². The van der Waals surface area contributed by atoms with Crippen molar-refractivity contribution in [3.05, 3.63) is 29.3 Å². The molecule has 1 unspecified atom stereocenters. The molecule has 0 radical (unpaired) electrons. The van der Waals surface area contributed by atoms with Crippen LogP contribution in [0.2, 0.25) is 0 Å². The quantitative estimate of drug-likeness (QED) is 0.906. The van der Waals surface area contributed by atoms with Gasteiger partial charge < -0.3 is 15.1 Å². The molecule has 4 nitrogen and oxygen atoms in total. The lowest BCUT2D eigenvalue weighted by atomic mass is 9.98. The number of amides is 1. The molecule has 1 aromatic rings. The highest BCUT2D eigenvalue weighted by Gasteiger charge is 2.35. The molecule has 4 heteroatoms. The Hall–Kier alpha value is -1.39. The molecule has 24 heavy (non-hydrogen) atoms. The third-order valence-electron chi connectivity index (χ3n) is 6.03. The topological polar surface area (TPSA) is 35.6 Å². The normalized spacial score (nSPS) is 26.5. The van der Waals surface area contributed by atoms with Gasteiger partial charge in [0.15, 0.2) is 0 Å². The zero-order chi connectivity index (χ0) is 16.5. The highest BCUT2D eigenvalue weighted by Crippen LogP contribution is 2.34. The van der Waals surface area contributed by atoms with Crippen LogP contribution in [0.5, 0.6) is 0 Å². The summed E-state index contributed by atoms with van der Waals surface area (Å²) < 4.78 is 0. The third-order valence-corrected chi connectivity index (χ3v) is 6.03. The molecule has 0 spiro atoms. The molecule has 3 heterocycles. The number of hydrogen-bond donors (Lipinski definition) is 1. The first kappa shape index (κ1) is 16.1. The van der Waals surface area contributed by atoms with Crippen molar-refractivity contribution < 1.29 is 4.79 Å². The van der Waals surface area contributed by atoms with E-state index in [1.807, 2.05) is 0 Å². The number of hydrogen-bond acceptors (Lipinski definition) is 3. The lowest BCUT2D eigenvalue weighted by molar-refractivity contribution is -0.118. The summed E-state index contributed by atoms with van der Waals surface area (Å²) in [5, 5.41) is 3.51. The molecule has 4 rings (SSSR count). The van der Waals surface area contributed by atoms with E-state index in [1.165, 1.54) is 42.6 Å². The number of piperidine rings is 1. The van der Waals surface area contributed by atoms with Crippen molar-refractivity contribution in [2.45, 2.75) is 57.5 Å². The van der Waals surface area contributed by atoms with Gasteiger partial charge in [-0.3, -0.25) is 4.79 Å². The lowest BCUT2D eigenvalue weighted by Gasteiger charge is -2.40. The van der Waals surface area contributed by atoms with Gasteiger partial charge in [0.1, 0.15) is 0 Å². The number of carbonyl (C=O) groups excluding carboxylic acids is 1. The number of anilines is 1. The minimum atomic E-state index is 0.299. The number of nitrogens with one attached hydrogen (secondary N) is 1. The average Bonchev–Trinajstić information content (AvgIpc) is 2.77.